The van der Waals surface area contributed by atoms with E-state index in [4.69, 9.17) is 0 Å². The van der Waals surface area contributed by atoms with E-state index < -0.39 is 20.3 Å². The van der Waals surface area contributed by atoms with E-state index in [0.717, 1.165) is 16.8 Å². The molecule has 4 aliphatic carbocycles. The Labute approximate surface area is 156 Å². The molecule has 0 heterocycles. The summed E-state index contributed by atoms with van der Waals surface area (Å²) in [5, 5.41) is 0. The minimum atomic E-state index is -2.21. The number of hydrogen-bond donors (Lipinski definition) is 0. The van der Waals surface area contributed by atoms with Crippen LogP contribution in [0.1, 0.15) is 51.4 Å². The standard InChI is InChI=1S/2C9H11.C2H7Si.2CH3.Zr/c2*1-2-5-9-7-3-6-8(9)4-1;1-3-2;;;/h2*3,6-7H,1-2,4-5H2;3H,1-2H3;2*1H3;. The number of allylic oxidation sites excluding steroid dienone is 8. The van der Waals surface area contributed by atoms with Crippen LogP contribution in [-0.4, -0.2) is 9.52 Å². The van der Waals surface area contributed by atoms with E-state index in [-0.39, 0.29) is 0 Å². The maximum atomic E-state index is 2.73. The van der Waals surface area contributed by atoms with Crippen LogP contribution < -0.4 is 0 Å². The first-order valence-corrected chi connectivity index (χ1v) is 20.2. The van der Waals surface area contributed by atoms with Gasteiger partial charge in [0.1, 0.15) is 0 Å². The molecule has 0 saturated carbocycles. The van der Waals surface area contributed by atoms with Crippen LogP contribution in [0.25, 0.3) is 0 Å². The van der Waals surface area contributed by atoms with Gasteiger partial charge < -0.3 is 0 Å². The van der Waals surface area contributed by atoms with Crippen LogP contribution in [0.15, 0.2) is 46.6 Å². The third-order valence-electron chi connectivity index (χ3n) is 6.44. The van der Waals surface area contributed by atoms with Crippen molar-refractivity contribution in [3.05, 3.63) is 46.6 Å². The Morgan fingerprint density at radius 3 is 1.54 bits per heavy atom. The Morgan fingerprint density at radius 2 is 1.12 bits per heavy atom. The fourth-order valence-corrected chi connectivity index (χ4v) is 15.1. The van der Waals surface area contributed by atoms with Crippen LogP contribution in [0.4, 0.5) is 0 Å². The van der Waals surface area contributed by atoms with Gasteiger partial charge in [-0.15, -0.1) is 0 Å². The third kappa shape index (κ3) is 3.61. The van der Waals surface area contributed by atoms with Crippen LogP contribution in [-0.2, 0) is 20.3 Å². The molecule has 2 unspecified atom stereocenters. The molecule has 0 fully saturated rings. The summed E-state index contributed by atoms with van der Waals surface area (Å²) < 4.78 is 7.23. The summed E-state index contributed by atoms with van der Waals surface area (Å²) in [6, 6.07) is 0. The normalized spacial score (nSPS) is 28.7. The molecular weight excluding hydrogens is 384 g/mol. The molecule has 0 aromatic heterocycles. The van der Waals surface area contributed by atoms with Gasteiger partial charge in [0.25, 0.3) is 0 Å². The average molecular weight is 419 g/mol. The van der Waals surface area contributed by atoms with Crippen molar-refractivity contribution in [1.82, 2.24) is 0 Å². The molecule has 0 N–H and O–H groups in total. The van der Waals surface area contributed by atoms with E-state index in [1.807, 2.05) is 11.1 Å². The van der Waals surface area contributed by atoms with Crippen molar-refractivity contribution in [2.24, 2.45) is 0 Å². The molecule has 0 amide bonds. The van der Waals surface area contributed by atoms with E-state index in [2.05, 4.69) is 46.7 Å². The molecule has 2 atom stereocenters. The van der Waals surface area contributed by atoms with Gasteiger partial charge in [0, 0.05) is 9.52 Å². The summed E-state index contributed by atoms with van der Waals surface area (Å²) >= 11 is -2.21. The molecule has 2 heteroatoms. The van der Waals surface area contributed by atoms with Gasteiger partial charge in [-0.1, -0.05) is 13.1 Å². The Kier molecular flexibility index (Phi) is 6.41. The molecule has 4 aliphatic rings. The van der Waals surface area contributed by atoms with Gasteiger partial charge in [0.05, 0.1) is 0 Å². The van der Waals surface area contributed by atoms with Crippen molar-refractivity contribution in [1.29, 1.82) is 0 Å². The molecular formula is C22H35SiZr. The number of hydrogen-bond acceptors (Lipinski definition) is 0. The molecule has 0 saturated heterocycles. The van der Waals surface area contributed by atoms with Crippen LogP contribution in [0.3, 0.4) is 0 Å². The van der Waals surface area contributed by atoms with E-state index in [9.17, 15) is 0 Å². The van der Waals surface area contributed by atoms with Crippen LogP contribution in [0, 0.1) is 0 Å². The summed E-state index contributed by atoms with van der Waals surface area (Å²) in [6.07, 6.45) is 21.5. The zero-order chi connectivity index (χ0) is 17.2. The molecule has 24 heavy (non-hydrogen) atoms. The Bertz CT molecular complexity index is 541. The first-order valence-electron chi connectivity index (χ1n) is 10.1. The van der Waals surface area contributed by atoms with Gasteiger partial charge in [-0.25, -0.2) is 0 Å². The van der Waals surface area contributed by atoms with E-state index in [0.29, 0.717) is 0 Å². The molecule has 0 aromatic rings. The quantitative estimate of drug-likeness (QED) is 0.415. The monoisotopic (exact) mass is 417 g/mol. The van der Waals surface area contributed by atoms with Crippen molar-refractivity contribution >= 4 is 9.52 Å². The molecule has 0 nitrogen and oxygen atoms in total. The first-order chi connectivity index (χ1) is 11.6. The molecule has 0 spiro atoms. The molecule has 0 aromatic carbocycles. The van der Waals surface area contributed by atoms with Crippen LogP contribution in [0.5, 0.6) is 0 Å². The summed E-state index contributed by atoms with van der Waals surface area (Å²) in [5.41, 5.74) is 7.22. The predicted molar refractivity (Wildman–Crippen MR) is 107 cm³/mol. The van der Waals surface area contributed by atoms with Crippen LogP contribution in [0.2, 0.25) is 29.6 Å². The van der Waals surface area contributed by atoms with Gasteiger partial charge in [-0.3, -0.25) is 0 Å². The topological polar surface area (TPSA) is 0 Å². The predicted octanol–water partition coefficient (Wildman–Crippen LogP) is 7.21. The van der Waals surface area contributed by atoms with E-state index >= 15 is 0 Å². The Morgan fingerprint density at radius 1 is 0.750 bits per heavy atom. The summed E-state index contributed by atoms with van der Waals surface area (Å²) in [7, 11) is 0.750. The molecule has 1 radical (unpaired) electrons. The fourth-order valence-electron chi connectivity index (χ4n) is 5.24. The van der Waals surface area contributed by atoms with E-state index in [1.54, 1.807) is 11.1 Å². The first kappa shape index (κ1) is 18.8. The van der Waals surface area contributed by atoms with Crippen LogP contribution >= 0.6 is 0 Å². The zero-order valence-corrected chi connectivity index (χ0v) is 19.8. The van der Waals surface area contributed by atoms with Crippen molar-refractivity contribution in [2.45, 2.75) is 81.0 Å². The molecule has 4 rings (SSSR count). The van der Waals surface area contributed by atoms with Crippen molar-refractivity contribution in [2.75, 3.05) is 0 Å². The second-order valence-corrected chi connectivity index (χ2v) is 21.8. The number of rotatable bonds is 2. The van der Waals surface area contributed by atoms with Gasteiger partial charge in [0.2, 0.25) is 0 Å². The van der Waals surface area contributed by atoms with Gasteiger partial charge in [0.15, 0.2) is 0 Å². The van der Waals surface area contributed by atoms with Gasteiger partial charge in [-0.05, 0) is 0 Å². The van der Waals surface area contributed by atoms with Crippen molar-refractivity contribution < 1.29 is 20.3 Å². The van der Waals surface area contributed by atoms with Crippen molar-refractivity contribution in [3.8, 4) is 0 Å². The second kappa shape index (κ2) is 8.17. The summed E-state index contributed by atoms with van der Waals surface area (Å²) in [5.74, 6) is 0. The third-order valence-corrected chi connectivity index (χ3v) is 17.0. The van der Waals surface area contributed by atoms with Crippen molar-refractivity contribution in [3.63, 3.8) is 0 Å². The van der Waals surface area contributed by atoms with Gasteiger partial charge in [-0.2, -0.15) is 0 Å². The molecule has 0 bridgehead atoms. The van der Waals surface area contributed by atoms with Gasteiger partial charge >= 0.3 is 135 Å². The molecule has 131 valence electrons. The maximum absolute atomic E-state index is 2.73. The zero-order valence-electron chi connectivity index (χ0n) is 16.2. The fraction of sp³-hybridized carbons (Fsp3) is 0.636. The Balaban J connectivity index is 0.000000526. The second-order valence-electron chi connectivity index (χ2n) is 8.59. The van der Waals surface area contributed by atoms with E-state index in [1.165, 1.54) is 51.4 Å². The average Bonchev–Trinajstić information content (AvgIpc) is 3.20. The summed E-state index contributed by atoms with van der Waals surface area (Å²) in [4.78, 5) is 0. The summed E-state index contributed by atoms with van der Waals surface area (Å²) in [6.45, 7) is 4.42. The molecule has 0 aliphatic heterocycles. The SMILES string of the molecule is C[SiH]C.[CH3][Zr]([CH3])([CH]1C=CC2=C1CCCC2)[CH]1C=CC2=C1CCCC2. The Hall–Kier alpha value is 0.0600. The minimum absolute atomic E-state index is 0.750.